The molecule has 0 radical (unpaired) electrons. The molecule has 0 bridgehead atoms. The summed E-state index contributed by atoms with van der Waals surface area (Å²) >= 11 is 0. The van der Waals surface area contributed by atoms with Gasteiger partial charge < -0.3 is 20.6 Å². The SMILES string of the molecule is CN(C)C(=O)c1cccc(Nc2c(N[C@@H](c3ccccc3)C3CC3)c(=O)n(C)[nH]c2=O)c1O. The lowest BCUT2D eigenvalue weighted by molar-refractivity contribution is 0.0824. The lowest BCUT2D eigenvalue weighted by Gasteiger charge is -2.22. The summed E-state index contributed by atoms with van der Waals surface area (Å²) in [6.07, 6.45) is 2.04. The molecule has 1 aliphatic rings. The van der Waals surface area contributed by atoms with Crippen LogP contribution in [0.3, 0.4) is 0 Å². The molecule has 0 unspecified atom stereocenters. The highest BCUT2D eigenvalue weighted by molar-refractivity contribution is 5.98. The van der Waals surface area contributed by atoms with Crippen LogP contribution in [0, 0.1) is 5.92 Å². The number of aromatic nitrogens is 2. The van der Waals surface area contributed by atoms with E-state index in [-0.39, 0.29) is 40.3 Å². The highest BCUT2D eigenvalue weighted by Crippen LogP contribution is 2.43. The number of phenolic OH excluding ortho intramolecular Hbond substituents is 1. The van der Waals surface area contributed by atoms with Gasteiger partial charge in [0.15, 0.2) is 5.75 Å². The van der Waals surface area contributed by atoms with E-state index in [1.165, 1.54) is 24.1 Å². The number of anilines is 3. The van der Waals surface area contributed by atoms with Gasteiger partial charge >= 0.3 is 0 Å². The Morgan fingerprint density at radius 2 is 1.79 bits per heavy atom. The molecule has 0 aliphatic heterocycles. The van der Waals surface area contributed by atoms with Crippen molar-refractivity contribution in [1.29, 1.82) is 0 Å². The fraction of sp³-hybridized carbons (Fsp3) is 0.292. The van der Waals surface area contributed by atoms with E-state index in [1.54, 1.807) is 20.2 Å². The molecule has 1 amide bonds. The molecular formula is C24H27N5O4. The minimum Gasteiger partial charge on any atom is -0.505 e. The molecule has 4 N–H and O–H groups in total. The number of hydrogen-bond acceptors (Lipinski definition) is 6. The number of H-pyrrole nitrogens is 1. The predicted molar refractivity (Wildman–Crippen MR) is 127 cm³/mol. The van der Waals surface area contributed by atoms with Crippen molar-refractivity contribution < 1.29 is 9.90 Å². The maximum absolute atomic E-state index is 13.1. The van der Waals surface area contributed by atoms with Crippen LogP contribution in [-0.4, -0.2) is 39.8 Å². The first kappa shape index (κ1) is 22.2. The third-order valence-electron chi connectivity index (χ3n) is 5.75. The Labute approximate surface area is 190 Å². The fourth-order valence-electron chi connectivity index (χ4n) is 3.81. The first-order chi connectivity index (χ1) is 15.8. The second-order valence-corrected chi connectivity index (χ2v) is 8.45. The molecule has 4 rings (SSSR count). The highest BCUT2D eigenvalue weighted by atomic mass is 16.3. The van der Waals surface area contributed by atoms with Crippen LogP contribution in [0.4, 0.5) is 17.1 Å². The number of nitrogens with one attached hydrogen (secondary N) is 3. The van der Waals surface area contributed by atoms with Crippen molar-refractivity contribution >= 4 is 23.0 Å². The van der Waals surface area contributed by atoms with Gasteiger partial charge in [-0.15, -0.1) is 0 Å². The van der Waals surface area contributed by atoms with Crippen LogP contribution in [0.25, 0.3) is 0 Å². The van der Waals surface area contributed by atoms with Crippen LogP contribution in [-0.2, 0) is 7.05 Å². The predicted octanol–water partition coefficient (Wildman–Crippen LogP) is 2.79. The monoisotopic (exact) mass is 449 g/mol. The van der Waals surface area contributed by atoms with Crippen molar-refractivity contribution in [1.82, 2.24) is 14.7 Å². The molecule has 0 spiro atoms. The van der Waals surface area contributed by atoms with Crippen molar-refractivity contribution in [2.24, 2.45) is 13.0 Å². The third kappa shape index (κ3) is 4.48. The molecule has 33 heavy (non-hydrogen) atoms. The second-order valence-electron chi connectivity index (χ2n) is 8.45. The summed E-state index contributed by atoms with van der Waals surface area (Å²) in [6, 6.07) is 14.3. The zero-order valence-corrected chi connectivity index (χ0v) is 18.8. The number of nitrogens with zero attached hydrogens (tertiary/aromatic N) is 2. The number of aryl methyl sites for hydroxylation is 1. The standard InChI is InChI=1S/C24H27N5O4/c1-28(2)23(32)16-10-7-11-17(21(16)30)25-19-20(24(33)29(3)27-22(19)31)26-18(15-12-13-15)14-8-5-4-6-9-14/h4-11,15,18,25-26,30H,12-13H2,1-3H3,(H,27,31)/t18-/m0/s1. The topological polar surface area (TPSA) is 119 Å². The van der Waals surface area contributed by atoms with E-state index in [1.807, 2.05) is 30.3 Å². The number of aromatic hydroxyl groups is 1. The van der Waals surface area contributed by atoms with Crippen LogP contribution in [0.5, 0.6) is 5.75 Å². The number of rotatable bonds is 7. The van der Waals surface area contributed by atoms with Crippen LogP contribution >= 0.6 is 0 Å². The minimum atomic E-state index is -0.536. The molecule has 2 aromatic carbocycles. The first-order valence-corrected chi connectivity index (χ1v) is 10.7. The molecule has 1 atom stereocenters. The molecule has 1 saturated carbocycles. The molecule has 172 valence electrons. The van der Waals surface area contributed by atoms with E-state index in [0.717, 1.165) is 23.1 Å². The van der Waals surface area contributed by atoms with Gasteiger partial charge in [-0.05, 0) is 36.5 Å². The normalized spacial score (nSPS) is 13.9. The number of benzene rings is 2. The maximum Gasteiger partial charge on any atom is 0.290 e. The Morgan fingerprint density at radius 1 is 1.09 bits per heavy atom. The summed E-state index contributed by atoms with van der Waals surface area (Å²) in [4.78, 5) is 39.7. The lowest BCUT2D eigenvalue weighted by Crippen LogP contribution is -2.33. The molecule has 1 heterocycles. The van der Waals surface area contributed by atoms with E-state index < -0.39 is 11.1 Å². The van der Waals surface area contributed by atoms with E-state index >= 15 is 0 Å². The number of phenols is 1. The van der Waals surface area contributed by atoms with Gasteiger partial charge in [0.2, 0.25) is 0 Å². The minimum absolute atomic E-state index is 0.0237. The Bertz CT molecular complexity index is 1290. The quantitative estimate of drug-likeness (QED) is 0.412. The molecule has 1 fully saturated rings. The number of para-hydroxylation sites is 1. The fourth-order valence-corrected chi connectivity index (χ4v) is 3.81. The first-order valence-electron chi connectivity index (χ1n) is 10.7. The van der Waals surface area contributed by atoms with Crippen LogP contribution < -0.4 is 21.8 Å². The zero-order chi connectivity index (χ0) is 23.7. The Balaban J connectivity index is 1.77. The van der Waals surface area contributed by atoms with Gasteiger partial charge in [0.1, 0.15) is 11.4 Å². The molecule has 9 heteroatoms. The van der Waals surface area contributed by atoms with Crippen LogP contribution in [0.15, 0.2) is 58.1 Å². The highest BCUT2D eigenvalue weighted by Gasteiger charge is 2.33. The Kier molecular flexibility index (Phi) is 5.95. The van der Waals surface area contributed by atoms with Gasteiger partial charge in [0.25, 0.3) is 17.0 Å². The van der Waals surface area contributed by atoms with Gasteiger partial charge in [0.05, 0.1) is 17.3 Å². The van der Waals surface area contributed by atoms with E-state index in [2.05, 4.69) is 15.7 Å². The molecule has 3 aromatic rings. The summed E-state index contributed by atoms with van der Waals surface area (Å²) in [5, 5.41) is 19.4. The van der Waals surface area contributed by atoms with Crippen molar-refractivity contribution in [3.05, 3.63) is 80.4 Å². The van der Waals surface area contributed by atoms with Crippen molar-refractivity contribution in [3.63, 3.8) is 0 Å². The number of hydrogen-bond donors (Lipinski definition) is 4. The average Bonchev–Trinajstić information content (AvgIpc) is 3.63. The molecular weight excluding hydrogens is 422 g/mol. The van der Waals surface area contributed by atoms with Gasteiger partial charge in [-0.3, -0.25) is 24.2 Å². The second kappa shape index (κ2) is 8.85. The van der Waals surface area contributed by atoms with Crippen LogP contribution in [0.1, 0.15) is 34.8 Å². The number of amides is 1. The van der Waals surface area contributed by atoms with Crippen molar-refractivity contribution in [2.75, 3.05) is 24.7 Å². The summed E-state index contributed by atoms with van der Waals surface area (Å²) in [5.41, 5.74) is 0.377. The van der Waals surface area contributed by atoms with Gasteiger partial charge in [0, 0.05) is 21.1 Å². The van der Waals surface area contributed by atoms with E-state index in [9.17, 15) is 19.5 Å². The average molecular weight is 450 g/mol. The van der Waals surface area contributed by atoms with Crippen molar-refractivity contribution in [2.45, 2.75) is 18.9 Å². The van der Waals surface area contributed by atoms with Crippen LogP contribution in [0.2, 0.25) is 0 Å². The summed E-state index contributed by atoms with van der Waals surface area (Å²) < 4.78 is 1.12. The van der Waals surface area contributed by atoms with Crippen molar-refractivity contribution in [3.8, 4) is 5.75 Å². The van der Waals surface area contributed by atoms with E-state index in [0.29, 0.717) is 5.92 Å². The zero-order valence-electron chi connectivity index (χ0n) is 18.8. The smallest absolute Gasteiger partial charge is 0.290 e. The molecule has 0 saturated heterocycles. The van der Waals surface area contributed by atoms with Gasteiger partial charge in [-0.25, -0.2) is 0 Å². The summed E-state index contributed by atoms with van der Waals surface area (Å²) in [5.74, 6) is -0.340. The van der Waals surface area contributed by atoms with E-state index in [4.69, 9.17) is 0 Å². The Hall–Kier alpha value is -4.01. The molecule has 9 nitrogen and oxygen atoms in total. The number of carbonyl (C=O) groups is 1. The largest absolute Gasteiger partial charge is 0.505 e. The summed E-state index contributed by atoms with van der Waals surface area (Å²) in [7, 11) is 4.63. The number of aromatic amines is 1. The molecule has 1 aromatic heterocycles. The third-order valence-corrected chi connectivity index (χ3v) is 5.75. The maximum atomic E-state index is 13.1. The van der Waals surface area contributed by atoms with Gasteiger partial charge in [-0.2, -0.15) is 0 Å². The summed E-state index contributed by atoms with van der Waals surface area (Å²) in [6.45, 7) is 0. The Morgan fingerprint density at radius 3 is 2.42 bits per heavy atom. The van der Waals surface area contributed by atoms with Gasteiger partial charge in [-0.1, -0.05) is 36.4 Å². The molecule has 1 aliphatic carbocycles. The number of carbonyl (C=O) groups excluding carboxylic acids is 1. The lowest BCUT2D eigenvalue weighted by atomic mass is 10.0.